The number of aryl methyl sites for hydroxylation is 2. The summed E-state index contributed by atoms with van der Waals surface area (Å²) < 4.78 is 33.1. The predicted molar refractivity (Wildman–Crippen MR) is 120 cm³/mol. The maximum atomic E-state index is 12.7. The SMILES string of the molecule is CCOC(=O)N1CCN(C(=O)CCc2nc3cc(S(=O)(=O)N(C)C)ccc3n2CC)CC1. The first-order valence-corrected chi connectivity index (χ1v) is 12.2. The average molecular weight is 466 g/mol. The summed E-state index contributed by atoms with van der Waals surface area (Å²) in [5.74, 6) is 0.763. The summed E-state index contributed by atoms with van der Waals surface area (Å²) in [7, 11) is -0.559. The number of hydrogen-bond acceptors (Lipinski definition) is 6. The minimum absolute atomic E-state index is 0.0130. The number of sulfonamides is 1. The van der Waals surface area contributed by atoms with Gasteiger partial charge in [-0.2, -0.15) is 0 Å². The van der Waals surface area contributed by atoms with Gasteiger partial charge in [0.05, 0.1) is 22.5 Å². The Labute approximate surface area is 188 Å². The predicted octanol–water partition coefficient (Wildman–Crippen LogP) is 1.54. The quantitative estimate of drug-likeness (QED) is 0.614. The van der Waals surface area contributed by atoms with Crippen LogP contribution in [0.1, 0.15) is 26.1 Å². The van der Waals surface area contributed by atoms with E-state index in [1.54, 1.807) is 34.9 Å². The van der Waals surface area contributed by atoms with Crippen LogP contribution in [0.5, 0.6) is 0 Å². The molecule has 1 aliphatic rings. The number of carbonyl (C=O) groups is 2. The highest BCUT2D eigenvalue weighted by molar-refractivity contribution is 7.89. The lowest BCUT2D eigenvalue weighted by atomic mass is 10.2. The normalized spacial score (nSPS) is 14.9. The minimum Gasteiger partial charge on any atom is -0.450 e. The molecule has 2 amide bonds. The first-order chi connectivity index (χ1) is 15.2. The van der Waals surface area contributed by atoms with E-state index in [4.69, 9.17) is 4.74 Å². The molecule has 0 aliphatic carbocycles. The van der Waals surface area contributed by atoms with Gasteiger partial charge in [0.1, 0.15) is 5.82 Å². The van der Waals surface area contributed by atoms with E-state index in [0.29, 0.717) is 57.7 Å². The fraction of sp³-hybridized carbons (Fsp3) is 0.571. The standard InChI is InChI=1S/C21H31N5O5S/c1-5-26-18-8-7-16(32(29,30)23(3)4)15-17(18)22-19(26)9-10-20(27)24-11-13-25(14-12-24)21(28)31-6-2/h7-8,15H,5-6,9-14H2,1-4H3. The zero-order chi connectivity index (χ0) is 23.5. The van der Waals surface area contributed by atoms with Crippen LogP contribution in [0, 0.1) is 0 Å². The van der Waals surface area contributed by atoms with Crippen LogP contribution in [0.3, 0.4) is 0 Å². The van der Waals surface area contributed by atoms with Gasteiger partial charge in [-0.25, -0.2) is 22.5 Å². The lowest BCUT2D eigenvalue weighted by molar-refractivity contribution is -0.132. The monoisotopic (exact) mass is 465 g/mol. The summed E-state index contributed by atoms with van der Waals surface area (Å²) in [4.78, 5) is 32.7. The van der Waals surface area contributed by atoms with Gasteiger partial charge >= 0.3 is 6.09 Å². The molecule has 0 spiro atoms. The molecule has 1 aromatic heterocycles. The van der Waals surface area contributed by atoms with E-state index >= 15 is 0 Å². The lowest BCUT2D eigenvalue weighted by Crippen LogP contribution is -2.50. The van der Waals surface area contributed by atoms with Crippen molar-refractivity contribution in [2.24, 2.45) is 0 Å². The van der Waals surface area contributed by atoms with Gasteiger partial charge in [0.15, 0.2) is 0 Å². The second-order valence-electron chi connectivity index (χ2n) is 7.78. The zero-order valence-corrected chi connectivity index (χ0v) is 19.9. The topological polar surface area (TPSA) is 105 Å². The van der Waals surface area contributed by atoms with Gasteiger partial charge in [-0.1, -0.05) is 0 Å². The van der Waals surface area contributed by atoms with Crippen LogP contribution in [-0.4, -0.2) is 91.0 Å². The largest absolute Gasteiger partial charge is 0.450 e. The van der Waals surface area contributed by atoms with Crippen molar-refractivity contribution in [2.75, 3.05) is 46.9 Å². The molecule has 0 saturated carbocycles. The molecule has 0 atom stereocenters. The smallest absolute Gasteiger partial charge is 0.409 e. The van der Waals surface area contributed by atoms with E-state index in [-0.39, 0.29) is 16.9 Å². The first-order valence-electron chi connectivity index (χ1n) is 10.8. The van der Waals surface area contributed by atoms with Gasteiger partial charge in [-0.15, -0.1) is 0 Å². The Bertz CT molecular complexity index is 1090. The van der Waals surface area contributed by atoms with Gasteiger partial charge < -0.3 is 19.1 Å². The number of rotatable bonds is 7. The van der Waals surface area contributed by atoms with Crippen molar-refractivity contribution in [3.05, 3.63) is 24.0 Å². The molecule has 1 fully saturated rings. The van der Waals surface area contributed by atoms with Crippen molar-refractivity contribution in [3.8, 4) is 0 Å². The molecular weight excluding hydrogens is 434 g/mol. The van der Waals surface area contributed by atoms with Gasteiger partial charge in [0, 0.05) is 59.7 Å². The number of benzene rings is 1. The fourth-order valence-electron chi connectivity index (χ4n) is 3.80. The van der Waals surface area contributed by atoms with Crippen LogP contribution >= 0.6 is 0 Å². The van der Waals surface area contributed by atoms with E-state index in [9.17, 15) is 18.0 Å². The molecule has 1 aromatic carbocycles. The Morgan fingerprint density at radius 2 is 1.75 bits per heavy atom. The van der Waals surface area contributed by atoms with Crippen molar-refractivity contribution in [1.82, 2.24) is 23.7 Å². The number of hydrogen-bond donors (Lipinski definition) is 0. The van der Waals surface area contributed by atoms with E-state index in [1.807, 2.05) is 11.5 Å². The van der Waals surface area contributed by atoms with E-state index in [0.717, 1.165) is 11.3 Å². The minimum atomic E-state index is -3.55. The molecule has 0 N–H and O–H groups in total. The van der Waals surface area contributed by atoms with Gasteiger partial charge in [0.25, 0.3) is 0 Å². The van der Waals surface area contributed by atoms with Crippen molar-refractivity contribution >= 4 is 33.1 Å². The van der Waals surface area contributed by atoms with Crippen molar-refractivity contribution in [3.63, 3.8) is 0 Å². The Morgan fingerprint density at radius 3 is 2.34 bits per heavy atom. The number of imidazole rings is 1. The maximum absolute atomic E-state index is 12.7. The number of aromatic nitrogens is 2. The van der Waals surface area contributed by atoms with Crippen molar-refractivity contribution < 1.29 is 22.7 Å². The maximum Gasteiger partial charge on any atom is 0.409 e. The molecule has 2 aromatic rings. The van der Waals surface area contributed by atoms with Gasteiger partial charge in [0.2, 0.25) is 15.9 Å². The molecule has 3 rings (SSSR count). The third kappa shape index (κ3) is 4.88. The lowest BCUT2D eigenvalue weighted by Gasteiger charge is -2.34. The van der Waals surface area contributed by atoms with Crippen LogP contribution in [0.2, 0.25) is 0 Å². The van der Waals surface area contributed by atoms with Crippen LogP contribution in [0.4, 0.5) is 4.79 Å². The molecule has 32 heavy (non-hydrogen) atoms. The summed E-state index contributed by atoms with van der Waals surface area (Å²) in [6.45, 7) is 6.63. The van der Waals surface area contributed by atoms with E-state index in [2.05, 4.69) is 4.98 Å². The first kappa shape index (κ1) is 24.0. The summed E-state index contributed by atoms with van der Waals surface area (Å²) >= 11 is 0. The molecule has 10 nitrogen and oxygen atoms in total. The summed E-state index contributed by atoms with van der Waals surface area (Å²) in [6, 6.07) is 4.93. The number of amides is 2. The molecule has 1 saturated heterocycles. The summed E-state index contributed by atoms with van der Waals surface area (Å²) in [5.41, 5.74) is 1.44. The third-order valence-electron chi connectivity index (χ3n) is 5.61. The van der Waals surface area contributed by atoms with Gasteiger partial charge in [-0.05, 0) is 32.0 Å². The second-order valence-corrected chi connectivity index (χ2v) is 9.93. The molecule has 11 heteroatoms. The van der Waals surface area contributed by atoms with Crippen LogP contribution in [0.15, 0.2) is 23.1 Å². The second kappa shape index (κ2) is 9.86. The number of nitrogens with zero attached hydrogens (tertiary/aromatic N) is 5. The molecule has 0 bridgehead atoms. The van der Waals surface area contributed by atoms with E-state index in [1.165, 1.54) is 18.4 Å². The highest BCUT2D eigenvalue weighted by atomic mass is 32.2. The van der Waals surface area contributed by atoms with Crippen LogP contribution in [-0.2, 0) is 32.5 Å². The number of piperazine rings is 1. The summed E-state index contributed by atoms with van der Waals surface area (Å²) in [6.07, 6.45) is 0.410. The molecule has 0 radical (unpaired) electrons. The highest BCUT2D eigenvalue weighted by Crippen LogP contribution is 2.23. The van der Waals surface area contributed by atoms with Crippen LogP contribution in [0.25, 0.3) is 11.0 Å². The molecule has 1 aliphatic heterocycles. The van der Waals surface area contributed by atoms with Crippen molar-refractivity contribution in [1.29, 1.82) is 0 Å². The van der Waals surface area contributed by atoms with Crippen LogP contribution < -0.4 is 0 Å². The fourth-order valence-corrected chi connectivity index (χ4v) is 4.73. The van der Waals surface area contributed by atoms with E-state index < -0.39 is 10.0 Å². The molecule has 2 heterocycles. The molecular formula is C21H31N5O5S. The zero-order valence-electron chi connectivity index (χ0n) is 19.1. The third-order valence-corrected chi connectivity index (χ3v) is 7.43. The van der Waals surface area contributed by atoms with Gasteiger partial charge in [-0.3, -0.25) is 4.79 Å². The number of ether oxygens (including phenoxy) is 1. The Morgan fingerprint density at radius 1 is 1.09 bits per heavy atom. The Balaban J connectivity index is 1.68. The number of fused-ring (bicyclic) bond motifs is 1. The Kier molecular flexibility index (Phi) is 7.40. The number of carbonyl (C=O) groups excluding carboxylic acids is 2. The highest BCUT2D eigenvalue weighted by Gasteiger charge is 2.25. The average Bonchev–Trinajstić information content (AvgIpc) is 3.14. The molecule has 176 valence electrons. The Hall–Kier alpha value is -2.66. The van der Waals surface area contributed by atoms with Crippen molar-refractivity contribution in [2.45, 2.75) is 38.1 Å². The summed E-state index contributed by atoms with van der Waals surface area (Å²) in [5, 5.41) is 0. The molecule has 0 unspecified atom stereocenters.